The van der Waals surface area contributed by atoms with Crippen LogP contribution in [0.5, 0.6) is 0 Å². The molecule has 0 bridgehead atoms. The summed E-state index contributed by atoms with van der Waals surface area (Å²) in [5.74, 6) is -0.681. The summed E-state index contributed by atoms with van der Waals surface area (Å²) in [5, 5.41) is 8.47. The summed E-state index contributed by atoms with van der Waals surface area (Å²) in [6, 6.07) is 26.3. The lowest BCUT2D eigenvalue weighted by Gasteiger charge is -2.09. The van der Waals surface area contributed by atoms with Crippen molar-refractivity contribution in [1.29, 1.82) is 0 Å². The van der Waals surface area contributed by atoms with E-state index in [2.05, 4.69) is 10.6 Å². The van der Waals surface area contributed by atoms with E-state index in [1.54, 1.807) is 12.1 Å². The topological polar surface area (TPSA) is 71.3 Å². The van der Waals surface area contributed by atoms with Crippen LogP contribution in [0, 0.1) is 13.8 Å². The number of hydrogen-bond donors (Lipinski definition) is 2. The number of furan rings is 1. The van der Waals surface area contributed by atoms with E-state index in [0.29, 0.717) is 27.9 Å². The standard InChI is InChI=1S/C28H22N2O3/c1-17-11-14-22(15-18(17)2)29-28(32)26-25(23-9-5-6-10-24(23)33-26)30-27(31)21-13-12-19-7-3-4-8-20(19)16-21/h3-16H,1-2H3,(H,29,32)(H,30,31). The van der Waals surface area contributed by atoms with Gasteiger partial charge in [-0.3, -0.25) is 9.59 Å². The van der Waals surface area contributed by atoms with Crippen LogP contribution >= 0.6 is 0 Å². The molecule has 5 nitrogen and oxygen atoms in total. The number of nitrogens with one attached hydrogen (secondary N) is 2. The van der Waals surface area contributed by atoms with Gasteiger partial charge in [0.2, 0.25) is 5.76 Å². The lowest BCUT2D eigenvalue weighted by atomic mass is 10.1. The Morgan fingerprint density at radius 3 is 2.27 bits per heavy atom. The molecule has 33 heavy (non-hydrogen) atoms. The fourth-order valence-corrected chi connectivity index (χ4v) is 3.85. The van der Waals surface area contributed by atoms with Gasteiger partial charge in [-0.1, -0.05) is 48.5 Å². The van der Waals surface area contributed by atoms with E-state index < -0.39 is 5.91 Å². The van der Waals surface area contributed by atoms with Gasteiger partial charge in [0, 0.05) is 16.6 Å². The van der Waals surface area contributed by atoms with Crippen LogP contribution in [0.3, 0.4) is 0 Å². The molecule has 0 saturated carbocycles. The Balaban J connectivity index is 1.50. The molecule has 5 aromatic rings. The fraction of sp³-hybridized carbons (Fsp3) is 0.0714. The van der Waals surface area contributed by atoms with Crippen molar-refractivity contribution >= 4 is 44.9 Å². The van der Waals surface area contributed by atoms with Crippen LogP contribution in [0.1, 0.15) is 32.0 Å². The Labute approximate surface area is 191 Å². The number of anilines is 2. The van der Waals surface area contributed by atoms with Crippen molar-refractivity contribution in [1.82, 2.24) is 0 Å². The first-order chi connectivity index (χ1) is 16.0. The molecule has 2 amide bonds. The summed E-state index contributed by atoms with van der Waals surface area (Å²) in [6.45, 7) is 4.00. The SMILES string of the molecule is Cc1ccc(NC(=O)c2oc3ccccc3c2NC(=O)c2ccc3ccccc3c2)cc1C. The molecule has 0 aliphatic carbocycles. The van der Waals surface area contributed by atoms with Gasteiger partial charge in [-0.15, -0.1) is 0 Å². The van der Waals surface area contributed by atoms with Gasteiger partial charge in [0.1, 0.15) is 11.3 Å². The number of para-hydroxylation sites is 1. The summed E-state index contributed by atoms with van der Waals surface area (Å²) in [7, 11) is 0. The van der Waals surface area contributed by atoms with E-state index in [-0.39, 0.29) is 11.7 Å². The first-order valence-corrected chi connectivity index (χ1v) is 10.7. The van der Waals surface area contributed by atoms with E-state index >= 15 is 0 Å². The normalized spacial score (nSPS) is 11.0. The maximum Gasteiger partial charge on any atom is 0.293 e. The summed E-state index contributed by atoms with van der Waals surface area (Å²) in [6.07, 6.45) is 0. The molecule has 0 radical (unpaired) electrons. The third-order valence-corrected chi connectivity index (χ3v) is 5.82. The van der Waals surface area contributed by atoms with Gasteiger partial charge in [-0.05, 0) is 72.1 Å². The average molecular weight is 434 g/mol. The lowest BCUT2D eigenvalue weighted by molar-refractivity contribution is 0.0999. The van der Waals surface area contributed by atoms with E-state index in [1.807, 2.05) is 86.6 Å². The second-order valence-electron chi connectivity index (χ2n) is 8.07. The minimum atomic E-state index is -0.428. The van der Waals surface area contributed by atoms with Gasteiger partial charge in [0.15, 0.2) is 0 Å². The molecule has 0 unspecified atom stereocenters. The van der Waals surface area contributed by atoms with E-state index in [1.165, 1.54) is 0 Å². The predicted octanol–water partition coefficient (Wildman–Crippen LogP) is 6.71. The zero-order valence-corrected chi connectivity index (χ0v) is 18.3. The second kappa shape index (κ2) is 8.28. The molecule has 0 aliphatic rings. The zero-order valence-electron chi connectivity index (χ0n) is 18.3. The maximum absolute atomic E-state index is 13.1. The molecule has 0 atom stereocenters. The highest BCUT2D eigenvalue weighted by Gasteiger charge is 2.23. The number of aryl methyl sites for hydroxylation is 2. The molecule has 2 N–H and O–H groups in total. The quantitative estimate of drug-likeness (QED) is 0.330. The Kier molecular flexibility index (Phi) is 5.15. The van der Waals surface area contributed by atoms with Crippen molar-refractivity contribution in [3.8, 4) is 0 Å². The van der Waals surface area contributed by atoms with Crippen molar-refractivity contribution in [3.05, 3.63) is 107 Å². The van der Waals surface area contributed by atoms with Crippen LogP contribution in [0.4, 0.5) is 11.4 Å². The van der Waals surface area contributed by atoms with Crippen LogP contribution in [0.25, 0.3) is 21.7 Å². The highest BCUT2D eigenvalue weighted by molar-refractivity contribution is 6.17. The summed E-state index contributed by atoms with van der Waals surface area (Å²) in [5.41, 5.74) is 4.25. The molecule has 1 aromatic heterocycles. The maximum atomic E-state index is 13.1. The third kappa shape index (κ3) is 3.96. The highest BCUT2D eigenvalue weighted by Crippen LogP contribution is 2.32. The summed E-state index contributed by atoms with van der Waals surface area (Å²) in [4.78, 5) is 26.3. The van der Waals surface area contributed by atoms with Crippen LogP contribution in [-0.2, 0) is 0 Å². The molecule has 0 saturated heterocycles. The Morgan fingerprint density at radius 2 is 1.45 bits per heavy atom. The molecule has 0 spiro atoms. The molecule has 5 rings (SSSR count). The van der Waals surface area contributed by atoms with Crippen LogP contribution in [-0.4, -0.2) is 11.8 Å². The van der Waals surface area contributed by atoms with Crippen molar-refractivity contribution < 1.29 is 14.0 Å². The molecule has 0 fully saturated rings. The Hall–Kier alpha value is -4.38. The molecular formula is C28H22N2O3. The Bertz CT molecular complexity index is 1530. The molecule has 0 aliphatic heterocycles. The van der Waals surface area contributed by atoms with Gasteiger partial charge in [0.05, 0.1) is 0 Å². The fourth-order valence-electron chi connectivity index (χ4n) is 3.85. The first-order valence-electron chi connectivity index (χ1n) is 10.7. The second-order valence-corrected chi connectivity index (χ2v) is 8.07. The van der Waals surface area contributed by atoms with Crippen molar-refractivity contribution in [2.24, 2.45) is 0 Å². The van der Waals surface area contributed by atoms with Crippen molar-refractivity contribution in [3.63, 3.8) is 0 Å². The van der Waals surface area contributed by atoms with E-state index in [0.717, 1.165) is 21.9 Å². The lowest BCUT2D eigenvalue weighted by Crippen LogP contribution is -2.17. The van der Waals surface area contributed by atoms with Gasteiger partial charge in [-0.2, -0.15) is 0 Å². The van der Waals surface area contributed by atoms with E-state index in [4.69, 9.17) is 4.42 Å². The number of rotatable bonds is 4. The summed E-state index contributed by atoms with van der Waals surface area (Å²) >= 11 is 0. The van der Waals surface area contributed by atoms with Gasteiger partial charge >= 0.3 is 0 Å². The number of carbonyl (C=O) groups excluding carboxylic acids is 2. The first kappa shape index (κ1) is 20.5. The van der Waals surface area contributed by atoms with Crippen molar-refractivity contribution in [2.45, 2.75) is 13.8 Å². The smallest absolute Gasteiger partial charge is 0.293 e. The minimum absolute atomic E-state index is 0.0589. The Morgan fingerprint density at radius 1 is 0.697 bits per heavy atom. The number of amides is 2. The molecule has 1 heterocycles. The minimum Gasteiger partial charge on any atom is -0.449 e. The largest absolute Gasteiger partial charge is 0.449 e. The third-order valence-electron chi connectivity index (χ3n) is 5.82. The summed E-state index contributed by atoms with van der Waals surface area (Å²) < 4.78 is 5.87. The van der Waals surface area contributed by atoms with Crippen molar-refractivity contribution in [2.75, 3.05) is 10.6 Å². The zero-order chi connectivity index (χ0) is 22.9. The highest BCUT2D eigenvalue weighted by atomic mass is 16.3. The molecule has 162 valence electrons. The number of carbonyl (C=O) groups is 2. The van der Waals surface area contributed by atoms with Gasteiger partial charge in [-0.25, -0.2) is 0 Å². The van der Waals surface area contributed by atoms with Crippen LogP contribution < -0.4 is 10.6 Å². The molecule has 4 aromatic carbocycles. The number of hydrogen-bond acceptors (Lipinski definition) is 3. The predicted molar refractivity (Wildman–Crippen MR) is 132 cm³/mol. The molecule has 5 heteroatoms. The van der Waals surface area contributed by atoms with Crippen LogP contribution in [0.15, 0.2) is 89.3 Å². The van der Waals surface area contributed by atoms with Crippen LogP contribution in [0.2, 0.25) is 0 Å². The average Bonchev–Trinajstić information content (AvgIpc) is 3.19. The molecular weight excluding hydrogens is 412 g/mol. The number of benzene rings is 4. The van der Waals surface area contributed by atoms with E-state index in [9.17, 15) is 9.59 Å². The monoisotopic (exact) mass is 434 g/mol. The van der Waals surface area contributed by atoms with Gasteiger partial charge < -0.3 is 15.1 Å². The van der Waals surface area contributed by atoms with Gasteiger partial charge in [0.25, 0.3) is 11.8 Å². The number of fused-ring (bicyclic) bond motifs is 2.